The molecule has 1 nitrogen and oxygen atoms in total. The molecule has 0 spiro atoms. The second-order valence-corrected chi connectivity index (χ2v) is 16.5. The molecule has 1 atom stereocenters. The van der Waals surface area contributed by atoms with Crippen molar-refractivity contribution in [3.8, 4) is 11.1 Å². The maximum absolute atomic E-state index is 8.59. The summed E-state index contributed by atoms with van der Waals surface area (Å²) in [5, 5.41) is 0. The summed E-state index contributed by atoms with van der Waals surface area (Å²) in [5.74, 6) is 0.560. The molecule has 0 amide bonds. The van der Waals surface area contributed by atoms with Crippen LogP contribution in [0.4, 0.5) is 0 Å². The van der Waals surface area contributed by atoms with E-state index in [0.717, 1.165) is 0 Å². The average Bonchev–Trinajstić information content (AvgIpc) is 3.13. The Morgan fingerprint density at radius 1 is 0.636 bits per heavy atom. The molecule has 0 heterocycles. The van der Waals surface area contributed by atoms with Crippen molar-refractivity contribution in [2.45, 2.75) is 92.5 Å². The van der Waals surface area contributed by atoms with Gasteiger partial charge in [-0.3, -0.25) is 6.08 Å². The van der Waals surface area contributed by atoms with E-state index in [0.29, 0.717) is 22.2 Å². The first-order valence-corrected chi connectivity index (χ1v) is 17.2. The molecule has 4 bridgehead atoms. The van der Waals surface area contributed by atoms with Crippen LogP contribution >= 0.6 is 0 Å². The van der Waals surface area contributed by atoms with E-state index in [9.17, 15) is 0 Å². The van der Waals surface area contributed by atoms with Gasteiger partial charge < -0.3 is 13.2 Å². The Morgan fingerprint density at radius 2 is 0.977 bits per heavy atom. The van der Waals surface area contributed by atoms with E-state index in [1.807, 2.05) is 18.2 Å². The number of hydrogen-bond donors (Lipinski definition) is 0. The summed E-state index contributed by atoms with van der Waals surface area (Å²) in [6.45, 7) is 16.0. The van der Waals surface area contributed by atoms with Crippen LogP contribution in [0.25, 0.3) is 16.9 Å². The van der Waals surface area contributed by atoms with Crippen LogP contribution in [0.15, 0.2) is 108 Å². The largest absolute Gasteiger partial charge is 3.00 e. The minimum Gasteiger partial charge on any atom is -0.0622 e. The quantitative estimate of drug-likeness (QED) is 0.176. The number of rotatable bonds is 1. The van der Waals surface area contributed by atoms with Crippen LogP contribution in [0.2, 0.25) is 0 Å². The third kappa shape index (κ3) is 10.3. The van der Waals surface area contributed by atoms with Crippen molar-refractivity contribution in [2.24, 2.45) is 22.2 Å². The standard InChI is InChI=1S/C13H22N.C12H10.C9H13.C6H7Ge.CH3.Zr/c1-10-4-11(2)6-12(3,5-10)9-13(14,7-10)8-11;1-3-7-11(8-4-1)12-9-5-2-6-10-12;1-6-5-7(2)9(4)8(6)3;7-6-4-2-1-3-5-6;;/h14H,4-9H2,1-3H3;1-10H;6H,1-4H3;1-5H,7H2;1H3;/q-1;;-1;;-1;+3. The zero-order valence-electron chi connectivity index (χ0n) is 28.7. The molecule has 5 aliphatic rings. The zero-order valence-corrected chi connectivity index (χ0v) is 34.1. The van der Waals surface area contributed by atoms with Crippen LogP contribution < -0.4 is 4.40 Å². The Morgan fingerprint density at radius 3 is 1.18 bits per heavy atom. The zero-order chi connectivity index (χ0) is 30.6. The van der Waals surface area contributed by atoms with Gasteiger partial charge in [0.15, 0.2) is 0 Å². The molecule has 0 aliphatic heterocycles. The maximum atomic E-state index is 8.59. The molecule has 232 valence electrons. The minimum atomic E-state index is -0.0625. The van der Waals surface area contributed by atoms with E-state index in [1.165, 1.54) is 87.3 Å². The van der Waals surface area contributed by atoms with Crippen LogP contribution in [0, 0.1) is 35.7 Å². The van der Waals surface area contributed by atoms with Crippen molar-refractivity contribution >= 4 is 20.9 Å². The molecule has 3 aromatic rings. The molecule has 2 radical (unpaired) electrons. The van der Waals surface area contributed by atoms with Crippen LogP contribution in [0.1, 0.15) is 87.0 Å². The maximum Gasteiger partial charge on any atom is 3.00 e. The molecule has 3 aromatic carbocycles. The number of nitrogens with one attached hydrogen (secondary N) is 1. The fraction of sp³-hybridized carbons (Fsp3) is 0.439. The van der Waals surface area contributed by atoms with E-state index in [2.05, 4.69) is 127 Å². The second kappa shape index (κ2) is 15.9. The molecular formula is C41H55GeNZr. The van der Waals surface area contributed by atoms with Gasteiger partial charge in [0, 0.05) is 0 Å². The Hall–Kier alpha value is -1.47. The van der Waals surface area contributed by atoms with Gasteiger partial charge in [0.25, 0.3) is 0 Å². The van der Waals surface area contributed by atoms with Crippen LogP contribution in [0.3, 0.4) is 0 Å². The third-order valence-corrected chi connectivity index (χ3v) is 10.8. The first kappa shape index (κ1) is 38.7. The second-order valence-electron chi connectivity index (χ2n) is 14.8. The van der Waals surface area contributed by atoms with Crippen molar-refractivity contribution in [1.29, 1.82) is 0 Å². The molecular weight excluding hydrogens is 670 g/mol. The first-order valence-electron chi connectivity index (χ1n) is 15.7. The van der Waals surface area contributed by atoms with Crippen LogP contribution in [-0.4, -0.2) is 22.1 Å². The minimum absolute atomic E-state index is 0. The van der Waals surface area contributed by atoms with Crippen molar-refractivity contribution in [3.63, 3.8) is 0 Å². The van der Waals surface area contributed by atoms with Crippen molar-refractivity contribution < 1.29 is 26.2 Å². The van der Waals surface area contributed by atoms with Crippen LogP contribution in [-0.2, 0) is 26.2 Å². The molecule has 8 rings (SSSR count). The predicted molar refractivity (Wildman–Crippen MR) is 192 cm³/mol. The Bertz CT molecular complexity index is 1240. The van der Waals surface area contributed by atoms with Crippen molar-refractivity contribution in [1.82, 2.24) is 0 Å². The van der Waals surface area contributed by atoms with E-state index in [-0.39, 0.29) is 39.2 Å². The summed E-state index contributed by atoms with van der Waals surface area (Å²) < 4.78 is 1.45. The molecule has 5 aliphatic carbocycles. The SMILES string of the molecule is CC12CC3(C)CC(C)(C1)CC([NH-])(C2)C3.CC1=[C-]C(C)C(C)=C1C.[CH3-].[GeH2][c]1ccccc1.[Zr+3].c1ccc(-c2ccccc2)cc1. The van der Waals surface area contributed by atoms with E-state index < -0.39 is 0 Å². The molecule has 4 fully saturated rings. The van der Waals surface area contributed by atoms with Gasteiger partial charge in [-0.05, 0) is 46.6 Å². The summed E-state index contributed by atoms with van der Waals surface area (Å²) >= 11 is 1.26. The van der Waals surface area contributed by atoms with Crippen molar-refractivity contribution in [3.05, 3.63) is 127 Å². The summed E-state index contributed by atoms with van der Waals surface area (Å²) in [5.41, 5.74) is 16.8. The predicted octanol–water partition coefficient (Wildman–Crippen LogP) is 10.6. The molecule has 0 aromatic heterocycles. The summed E-state index contributed by atoms with van der Waals surface area (Å²) in [6, 6.07) is 31.2. The average molecular weight is 726 g/mol. The number of benzene rings is 3. The van der Waals surface area contributed by atoms with Gasteiger partial charge in [-0.15, -0.1) is 12.5 Å². The molecule has 4 saturated carbocycles. The van der Waals surface area contributed by atoms with Gasteiger partial charge in [-0.1, -0.05) is 127 Å². The van der Waals surface area contributed by atoms with E-state index in [4.69, 9.17) is 5.73 Å². The van der Waals surface area contributed by atoms with E-state index >= 15 is 0 Å². The number of allylic oxidation sites excluding steroid dienone is 4. The van der Waals surface area contributed by atoms with Gasteiger partial charge in [-0.25, -0.2) is 5.57 Å². The molecule has 44 heavy (non-hydrogen) atoms. The monoisotopic (exact) mass is 725 g/mol. The molecule has 1 N–H and O–H groups in total. The normalized spacial score (nSPS) is 30.6. The van der Waals surface area contributed by atoms with E-state index in [1.54, 1.807) is 0 Å². The molecule has 1 unspecified atom stereocenters. The Balaban J connectivity index is 0.000000208. The van der Waals surface area contributed by atoms with Gasteiger partial charge >= 0.3 is 77.4 Å². The molecule has 0 saturated heterocycles. The Labute approximate surface area is 297 Å². The summed E-state index contributed by atoms with van der Waals surface area (Å²) in [6.07, 6.45) is 11.0. The first-order chi connectivity index (χ1) is 19.7. The van der Waals surface area contributed by atoms with Gasteiger partial charge in [0.05, 0.1) is 0 Å². The topological polar surface area (TPSA) is 23.8 Å². The fourth-order valence-corrected chi connectivity index (χ4v) is 9.76. The summed E-state index contributed by atoms with van der Waals surface area (Å²) in [4.78, 5) is 0. The van der Waals surface area contributed by atoms with Crippen LogP contribution in [0.5, 0.6) is 0 Å². The van der Waals surface area contributed by atoms with Gasteiger partial charge in [0.2, 0.25) is 0 Å². The fourth-order valence-electron chi connectivity index (χ4n) is 9.19. The summed E-state index contributed by atoms with van der Waals surface area (Å²) in [7, 11) is 0. The van der Waals surface area contributed by atoms with Gasteiger partial charge in [0.1, 0.15) is 0 Å². The third-order valence-electron chi connectivity index (χ3n) is 9.82. The number of hydrogen-bond acceptors (Lipinski definition) is 0. The Kier molecular flexibility index (Phi) is 14.0. The smallest absolute Gasteiger partial charge is 0.0622 e. The van der Waals surface area contributed by atoms with Crippen molar-refractivity contribution in [2.75, 3.05) is 0 Å². The molecule has 3 heteroatoms. The van der Waals surface area contributed by atoms with Gasteiger partial charge in [-0.2, -0.15) is 11.1 Å².